The molecule has 1 N–H and O–H groups in total. The summed E-state index contributed by atoms with van der Waals surface area (Å²) in [5.74, 6) is 0.999. The minimum absolute atomic E-state index is 0.228. The van der Waals surface area contributed by atoms with Crippen LogP contribution in [0.1, 0.15) is 26.0 Å². The second-order valence-corrected chi connectivity index (χ2v) is 5.62. The zero-order valence-corrected chi connectivity index (χ0v) is 12.0. The molecule has 0 aliphatic heterocycles. The molecule has 3 rings (SSSR count). The first-order valence-electron chi connectivity index (χ1n) is 6.00. The monoisotopic (exact) mass is 288 g/mol. The number of amides is 1. The van der Waals surface area contributed by atoms with Crippen LogP contribution in [-0.4, -0.2) is 20.9 Å². The maximum absolute atomic E-state index is 12.2. The van der Waals surface area contributed by atoms with Gasteiger partial charge in [-0.3, -0.25) is 4.79 Å². The summed E-state index contributed by atoms with van der Waals surface area (Å²) >= 11 is 1.34. The third-order valence-electron chi connectivity index (χ3n) is 3.04. The standard InChI is InChI=1S/C13H12N4O2S/c1-6-7(2)19-13-10(6)11(15-5-16-13)17-12(18)9-4-14-8(3)20-9/h4-5H,1-3H3,(H,15,16,17,18). The van der Waals surface area contributed by atoms with Crippen LogP contribution in [0, 0.1) is 20.8 Å². The van der Waals surface area contributed by atoms with Gasteiger partial charge in [0.1, 0.15) is 22.8 Å². The molecule has 3 aromatic heterocycles. The Morgan fingerprint density at radius 1 is 1.25 bits per heavy atom. The van der Waals surface area contributed by atoms with E-state index >= 15 is 0 Å². The number of aryl methyl sites for hydroxylation is 3. The highest BCUT2D eigenvalue weighted by molar-refractivity contribution is 7.13. The molecule has 0 aliphatic rings. The Morgan fingerprint density at radius 2 is 2.05 bits per heavy atom. The average Bonchev–Trinajstić information content (AvgIpc) is 2.96. The maximum atomic E-state index is 12.2. The maximum Gasteiger partial charge on any atom is 0.268 e. The number of carbonyl (C=O) groups is 1. The molecule has 0 aliphatic carbocycles. The Balaban J connectivity index is 2.01. The lowest BCUT2D eigenvalue weighted by atomic mass is 10.2. The zero-order chi connectivity index (χ0) is 14.3. The van der Waals surface area contributed by atoms with Gasteiger partial charge < -0.3 is 9.73 Å². The Labute approximate surface area is 118 Å². The fourth-order valence-corrected chi connectivity index (χ4v) is 2.59. The highest BCUT2D eigenvalue weighted by Crippen LogP contribution is 2.28. The molecule has 6 nitrogen and oxygen atoms in total. The van der Waals surface area contributed by atoms with E-state index in [0.717, 1.165) is 21.7 Å². The second-order valence-electron chi connectivity index (χ2n) is 4.38. The van der Waals surface area contributed by atoms with Crippen molar-refractivity contribution in [1.29, 1.82) is 0 Å². The molecule has 0 fully saturated rings. The van der Waals surface area contributed by atoms with Gasteiger partial charge in [-0.1, -0.05) is 0 Å². The van der Waals surface area contributed by atoms with Gasteiger partial charge in [-0.15, -0.1) is 11.3 Å². The van der Waals surface area contributed by atoms with Crippen LogP contribution in [0.15, 0.2) is 16.9 Å². The predicted octanol–water partition coefficient (Wildman–Crippen LogP) is 2.86. The number of anilines is 1. The molecular weight excluding hydrogens is 276 g/mol. The summed E-state index contributed by atoms with van der Waals surface area (Å²) in [7, 11) is 0. The van der Waals surface area contributed by atoms with Crippen molar-refractivity contribution in [2.75, 3.05) is 5.32 Å². The molecule has 0 aromatic carbocycles. The highest BCUT2D eigenvalue weighted by atomic mass is 32.1. The van der Waals surface area contributed by atoms with Gasteiger partial charge in [0.2, 0.25) is 5.71 Å². The predicted molar refractivity (Wildman–Crippen MR) is 76.1 cm³/mol. The Kier molecular flexibility index (Phi) is 2.98. The van der Waals surface area contributed by atoms with Crippen molar-refractivity contribution < 1.29 is 9.21 Å². The summed E-state index contributed by atoms with van der Waals surface area (Å²) < 4.78 is 5.52. The molecule has 3 aromatic rings. The lowest BCUT2D eigenvalue weighted by Crippen LogP contribution is -2.12. The average molecular weight is 288 g/mol. The molecule has 1 amide bonds. The van der Waals surface area contributed by atoms with Crippen molar-refractivity contribution in [3.8, 4) is 0 Å². The van der Waals surface area contributed by atoms with E-state index in [1.807, 2.05) is 20.8 Å². The van der Waals surface area contributed by atoms with Gasteiger partial charge in [0.25, 0.3) is 5.91 Å². The SMILES string of the molecule is Cc1ncc(C(=O)Nc2ncnc3oc(C)c(C)c23)s1. The first kappa shape index (κ1) is 12.7. The second kappa shape index (κ2) is 4.68. The van der Waals surface area contributed by atoms with Gasteiger partial charge >= 0.3 is 0 Å². The summed E-state index contributed by atoms with van der Waals surface area (Å²) in [6.07, 6.45) is 2.93. The van der Waals surface area contributed by atoms with Crippen LogP contribution < -0.4 is 5.32 Å². The van der Waals surface area contributed by atoms with E-state index in [1.165, 1.54) is 17.7 Å². The lowest BCUT2D eigenvalue weighted by molar-refractivity contribution is 0.103. The van der Waals surface area contributed by atoms with Crippen LogP contribution in [0.4, 0.5) is 5.82 Å². The highest BCUT2D eigenvalue weighted by Gasteiger charge is 2.17. The third-order valence-corrected chi connectivity index (χ3v) is 3.95. The fourth-order valence-electron chi connectivity index (χ4n) is 1.91. The lowest BCUT2D eigenvalue weighted by Gasteiger charge is -2.03. The summed E-state index contributed by atoms with van der Waals surface area (Å²) in [6.45, 7) is 5.63. The van der Waals surface area contributed by atoms with Crippen LogP contribution in [0.3, 0.4) is 0 Å². The van der Waals surface area contributed by atoms with E-state index < -0.39 is 0 Å². The van der Waals surface area contributed by atoms with E-state index in [1.54, 1.807) is 6.20 Å². The topological polar surface area (TPSA) is 80.9 Å². The van der Waals surface area contributed by atoms with Crippen molar-refractivity contribution in [1.82, 2.24) is 15.0 Å². The number of nitrogens with one attached hydrogen (secondary N) is 1. The van der Waals surface area contributed by atoms with Gasteiger partial charge in [-0.05, 0) is 20.8 Å². The van der Waals surface area contributed by atoms with Gasteiger partial charge in [0.05, 0.1) is 16.6 Å². The minimum Gasteiger partial charge on any atom is -0.443 e. The number of rotatable bonds is 2. The minimum atomic E-state index is -0.228. The van der Waals surface area contributed by atoms with Crippen molar-refractivity contribution in [2.24, 2.45) is 0 Å². The van der Waals surface area contributed by atoms with Gasteiger partial charge in [-0.2, -0.15) is 0 Å². The molecule has 0 unspecified atom stereocenters. The Morgan fingerprint density at radius 3 is 2.75 bits per heavy atom. The van der Waals surface area contributed by atoms with E-state index in [9.17, 15) is 4.79 Å². The van der Waals surface area contributed by atoms with Crippen LogP contribution in [-0.2, 0) is 0 Å². The van der Waals surface area contributed by atoms with Crippen molar-refractivity contribution in [2.45, 2.75) is 20.8 Å². The molecular formula is C13H12N4O2S. The summed E-state index contributed by atoms with van der Waals surface area (Å²) in [5.41, 5.74) is 1.40. The van der Waals surface area contributed by atoms with Crippen LogP contribution in [0.25, 0.3) is 11.1 Å². The van der Waals surface area contributed by atoms with E-state index in [2.05, 4.69) is 20.3 Å². The molecule has 0 spiro atoms. The summed E-state index contributed by atoms with van der Waals surface area (Å²) in [6, 6.07) is 0. The third kappa shape index (κ3) is 2.05. The Bertz CT molecular complexity index is 806. The van der Waals surface area contributed by atoms with E-state index in [-0.39, 0.29) is 5.91 Å². The van der Waals surface area contributed by atoms with Crippen LogP contribution >= 0.6 is 11.3 Å². The molecule has 20 heavy (non-hydrogen) atoms. The number of carbonyl (C=O) groups excluding carboxylic acids is 1. The zero-order valence-electron chi connectivity index (χ0n) is 11.2. The molecule has 102 valence electrons. The fraction of sp³-hybridized carbons (Fsp3) is 0.231. The largest absolute Gasteiger partial charge is 0.443 e. The number of nitrogens with zero attached hydrogens (tertiary/aromatic N) is 3. The van der Waals surface area contributed by atoms with Crippen LogP contribution in [0.5, 0.6) is 0 Å². The van der Waals surface area contributed by atoms with Gasteiger partial charge in [-0.25, -0.2) is 15.0 Å². The van der Waals surface area contributed by atoms with E-state index in [4.69, 9.17) is 4.42 Å². The van der Waals surface area contributed by atoms with Crippen molar-refractivity contribution in [3.63, 3.8) is 0 Å². The number of fused-ring (bicyclic) bond motifs is 1. The molecule has 0 saturated carbocycles. The number of aromatic nitrogens is 3. The number of furan rings is 1. The summed E-state index contributed by atoms with van der Waals surface area (Å²) in [5, 5.41) is 4.37. The smallest absolute Gasteiger partial charge is 0.268 e. The first-order chi connectivity index (χ1) is 9.56. The van der Waals surface area contributed by atoms with Gasteiger partial charge in [0, 0.05) is 5.56 Å². The molecule has 3 heterocycles. The molecule has 0 saturated heterocycles. The van der Waals surface area contributed by atoms with E-state index in [0.29, 0.717) is 16.4 Å². The summed E-state index contributed by atoms with van der Waals surface area (Å²) in [4.78, 5) is 25.0. The Hall–Kier alpha value is -2.28. The van der Waals surface area contributed by atoms with Gasteiger partial charge in [0.15, 0.2) is 0 Å². The number of hydrogen-bond donors (Lipinski definition) is 1. The first-order valence-corrected chi connectivity index (χ1v) is 6.82. The van der Waals surface area contributed by atoms with Crippen molar-refractivity contribution >= 4 is 34.2 Å². The molecule has 7 heteroatoms. The molecule has 0 radical (unpaired) electrons. The quantitative estimate of drug-likeness (QED) is 0.784. The number of thiazole rings is 1. The molecule has 0 atom stereocenters. The van der Waals surface area contributed by atoms with Crippen molar-refractivity contribution in [3.05, 3.63) is 33.7 Å². The van der Waals surface area contributed by atoms with Crippen LogP contribution in [0.2, 0.25) is 0 Å². The number of hydrogen-bond acceptors (Lipinski definition) is 6. The molecule has 0 bridgehead atoms. The normalized spacial score (nSPS) is 10.9.